The monoisotopic (exact) mass is 261 g/mol. The molecule has 0 spiro atoms. The average molecular weight is 261 g/mol. The second-order valence-electron chi connectivity index (χ2n) is 5.31. The van der Waals surface area contributed by atoms with Crippen molar-refractivity contribution in [2.75, 3.05) is 13.1 Å². The summed E-state index contributed by atoms with van der Waals surface area (Å²) in [5, 5.41) is 6.39. The van der Waals surface area contributed by atoms with E-state index < -0.39 is 0 Å². The summed E-state index contributed by atoms with van der Waals surface area (Å²) in [5.41, 5.74) is 1.05. The van der Waals surface area contributed by atoms with Crippen LogP contribution in [0.25, 0.3) is 0 Å². The minimum Gasteiger partial charge on any atom is -0.350 e. The molecule has 0 bridgehead atoms. The Hall–Kier alpha value is -1.42. The second kappa shape index (κ2) is 7.24. The number of nitrogens with zero attached hydrogens (tertiary/aromatic N) is 1. The molecule has 1 fully saturated rings. The Balaban J connectivity index is 1.71. The van der Waals surface area contributed by atoms with Gasteiger partial charge in [-0.2, -0.15) is 0 Å². The lowest BCUT2D eigenvalue weighted by Crippen LogP contribution is -2.30. The normalized spacial score (nSPS) is 17.9. The molecule has 1 amide bonds. The van der Waals surface area contributed by atoms with Crippen LogP contribution >= 0.6 is 0 Å². The third-order valence-corrected chi connectivity index (χ3v) is 3.80. The molecule has 19 heavy (non-hydrogen) atoms. The van der Waals surface area contributed by atoms with Gasteiger partial charge in [0.05, 0.1) is 6.04 Å². The van der Waals surface area contributed by atoms with Crippen LogP contribution in [0.3, 0.4) is 0 Å². The molecule has 1 aromatic heterocycles. The van der Waals surface area contributed by atoms with Crippen molar-refractivity contribution in [1.29, 1.82) is 0 Å². The first-order valence-corrected chi connectivity index (χ1v) is 7.15. The van der Waals surface area contributed by atoms with Crippen molar-refractivity contribution in [1.82, 2.24) is 15.6 Å². The van der Waals surface area contributed by atoms with Crippen molar-refractivity contribution in [3.05, 3.63) is 30.1 Å². The molecule has 104 valence electrons. The zero-order chi connectivity index (χ0) is 13.5. The maximum atomic E-state index is 11.9. The molecule has 2 N–H and O–H groups in total. The van der Waals surface area contributed by atoms with Crippen LogP contribution in [-0.2, 0) is 4.79 Å². The molecule has 0 unspecified atom stereocenters. The fraction of sp³-hybridized carbons (Fsp3) is 0.600. The van der Waals surface area contributed by atoms with Crippen LogP contribution in [-0.4, -0.2) is 24.0 Å². The van der Waals surface area contributed by atoms with Crippen LogP contribution in [0.5, 0.6) is 0 Å². The van der Waals surface area contributed by atoms with E-state index >= 15 is 0 Å². The van der Waals surface area contributed by atoms with E-state index in [9.17, 15) is 4.79 Å². The molecule has 1 aliphatic rings. The van der Waals surface area contributed by atoms with Gasteiger partial charge in [0.1, 0.15) is 0 Å². The summed E-state index contributed by atoms with van der Waals surface area (Å²) in [6.45, 7) is 4.19. The number of hydrogen-bond donors (Lipinski definition) is 2. The van der Waals surface area contributed by atoms with E-state index in [4.69, 9.17) is 0 Å². The highest BCUT2D eigenvalue weighted by atomic mass is 16.1. The highest BCUT2D eigenvalue weighted by Crippen LogP contribution is 2.18. The van der Waals surface area contributed by atoms with E-state index in [1.165, 1.54) is 12.8 Å². The number of carbonyl (C=O) groups is 1. The third-order valence-electron chi connectivity index (χ3n) is 3.80. The molecule has 2 heterocycles. The Morgan fingerprint density at radius 3 is 3.00 bits per heavy atom. The van der Waals surface area contributed by atoms with Crippen molar-refractivity contribution in [3.8, 4) is 0 Å². The number of rotatable bonds is 5. The Morgan fingerprint density at radius 2 is 2.32 bits per heavy atom. The van der Waals surface area contributed by atoms with Gasteiger partial charge in [0.15, 0.2) is 0 Å². The van der Waals surface area contributed by atoms with Crippen LogP contribution in [0.15, 0.2) is 24.5 Å². The van der Waals surface area contributed by atoms with E-state index in [-0.39, 0.29) is 11.9 Å². The van der Waals surface area contributed by atoms with Gasteiger partial charge >= 0.3 is 0 Å². The molecule has 1 aliphatic heterocycles. The van der Waals surface area contributed by atoms with Crippen molar-refractivity contribution >= 4 is 5.91 Å². The Morgan fingerprint density at radius 1 is 1.53 bits per heavy atom. The lowest BCUT2D eigenvalue weighted by atomic mass is 9.93. The standard InChI is InChI=1S/C15H23N3O/c1-12(14-3-2-8-17-11-14)18-15(19)5-4-13-6-9-16-10-7-13/h2-3,8,11-13,16H,4-7,9-10H2,1H3,(H,18,19)/t12-/m1/s1. The van der Waals surface area contributed by atoms with Gasteiger partial charge in [-0.15, -0.1) is 0 Å². The number of amides is 1. The predicted octanol–water partition coefficient (Wildman–Crippen LogP) is 2.04. The van der Waals surface area contributed by atoms with Crippen molar-refractivity contribution in [2.45, 2.75) is 38.6 Å². The van der Waals surface area contributed by atoms with Gasteiger partial charge in [-0.3, -0.25) is 9.78 Å². The largest absolute Gasteiger partial charge is 0.350 e. The molecule has 2 rings (SSSR count). The summed E-state index contributed by atoms with van der Waals surface area (Å²) < 4.78 is 0. The van der Waals surface area contributed by atoms with Crippen LogP contribution < -0.4 is 10.6 Å². The number of carbonyl (C=O) groups excluding carboxylic acids is 1. The van der Waals surface area contributed by atoms with E-state index in [0.29, 0.717) is 12.3 Å². The van der Waals surface area contributed by atoms with Gasteiger partial charge in [0.25, 0.3) is 0 Å². The Labute approximate surface area is 115 Å². The molecule has 1 aromatic rings. The van der Waals surface area contributed by atoms with Crippen molar-refractivity contribution in [2.24, 2.45) is 5.92 Å². The number of hydrogen-bond acceptors (Lipinski definition) is 3. The van der Waals surface area contributed by atoms with Gasteiger partial charge in [-0.1, -0.05) is 6.07 Å². The summed E-state index contributed by atoms with van der Waals surface area (Å²) in [5.74, 6) is 0.857. The molecular weight excluding hydrogens is 238 g/mol. The molecular formula is C15H23N3O. The molecule has 1 saturated heterocycles. The maximum absolute atomic E-state index is 11.9. The van der Waals surface area contributed by atoms with E-state index in [2.05, 4.69) is 15.6 Å². The number of nitrogens with one attached hydrogen (secondary N) is 2. The van der Waals surface area contributed by atoms with Gasteiger partial charge in [-0.25, -0.2) is 0 Å². The lowest BCUT2D eigenvalue weighted by molar-refractivity contribution is -0.122. The SMILES string of the molecule is C[C@@H](NC(=O)CCC1CCNCC1)c1cccnc1. The van der Waals surface area contributed by atoms with Crippen molar-refractivity contribution < 1.29 is 4.79 Å². The zero-order valence-corrected chi connectivity index (χ0v) is 11.6. The lowest BCUT2D eigenvalue weighted by Gasteiger charge is -2.22. The van der Waals surface area contributed by atoms with Gasteiger partial charge in [0.2, 0.25) is 5.91 Å². The average Bonchev–Trinajstić information content (AvgIpc) is 2.47. The zero-order valence-electron chi connectivity index (χ0n) is 11.6. The summed E-state index contributed by atoms with van der Waals surface area (Å²) in [4.78, 5) is 16.0. The minimum absolute atomic E-state index is 0.0363. The molecule has 0 aromatic carbocycles. The van der Waals surface area contributed by atoms with Crippen LogP contribution in [0.4, 0.5) is 0 Å². The Kier molecular flexibility index (Phi) is 5.33. The topological polar surface area (TPSA) is 54.0 Å². The fourth-order valence-electron chi connectivity index (χ4n) is 2.53. The second-order valence-corrected chi connectivity index (χ2v) is 5.31. The number of aromatic nitrogens is 1. The van der Waals surface area contributed by atoms with E-state index in [1.807, 2.05) is 19.1 Å². The van der Waals surface area contributed by atoms with Gasteiger partial charge in [0, 0.05) is 18.8 Å². The summed E-state index contributed by atoms with van der Waals surface area (Å²) in [6.07, 6.45) is 7.59. The van der Waals surface area contributed by atoms with E-state index in [0.717, 1.165) is 25.1 Å². The predicted molar refractivity (Wildman–Crippen MR) is 75.6 cm³/mol. The highest BCUT2D eigenvalue weighted by Gasteiger charge is 2.15. The number of pyridine rings is 1. The first-order chi connectivity index (χ1) is 9.25. The van der Waals surface area contributed by atoms with Gasteiger partial charge in [-0.05, 0) is 56.8 Å². The Bertz CT molecular complexity index is 388. The van der Waals surface area contributed by atoms with Crippen LogP contribution in [0.1, 0.15) is 44.2 Å². The first-order valence-electron chi connectivity index (χ1n) is 7.15. The number of piperidine rings is 1. The molecule has 4 nitrogen and oxygen atoms in total. The first kappa shape index (κ1) is 14.0. The quantitative estimate of drug-likeness (QED) is 0.853. The molecule has 1 atom stereocenters. The van der Waals surface area contributed by atoms with Gasteiger partial charge < -0.3 is 10.6 Å². The molecule has 0 saturated carbocycles. The van der Waals surface area contributed by atoms with Crippen molar-refractivity contribution in [3.63, 3.8) is 0 Å². The van der Waals surface area contributed by atoms with Crippen LogP contribution in [0.2, 0.25) is 0 Å². The maximum Gasteiger partial charge on any atom is 0.220 e. The summed E-state index contributed by atoms with van der Waals surface area (Å²) in [6, 6.07) is 3.92. The smallest absolute Gasteiger partial charge is 0.220 e. The summed E-state index contributed by atoms with van der Waals surface area (Å²) >= 11 is 0. The minimum atomic E-state index is 0.0363. The molecule has 0 aliphatic carbocycles. The van der Waals surface area contributed by atoms with Crippen LogP contribution in [0, 0.1) is 5.92 Å². The molecule has 0 radical (unpaired) electrons. The highest BCUT2D eigenvalue weighted by molar-refractivity contribution is 5.76. The third kappa shape index (κ3) is 4.63. The summed E-state index contributed by atoms with van der Waals surface area (Å²) in [7, 11) is 0. The molecule has 4 heteroatoms. The van der Waals surface area contributed by atoms with E-state index in [1.54, 1.807) is 12.4 Å². The fourth-order valence-corrected chi connectivity index (χ4v) is 2.53.